The molecule has 1 aliphatic heterocycles. The molecule has 2 bridgehead atoms. The Kier molecular flexibility index (Phi) is 3.79. The second-order valence-electron chi connectivity index (χ2n) is 9.00. The smallest absolute Gasteiger partial charge is 0.227 e. The van der Waals surface area contributed by atoms with Gasteiger partial charge in [-0.05, 0) is 53.7 Å². The number of carbonyl (C=O) groups excluding carboxylic acids is 1. The molecule has 1 aromatic rings. The molecule has 0 unspecified atom stereocenters. The molecule has 1 N–H and O–H groups in total. The number of ether oxygens (including phenoxy) is 2. The third-order valence-corrected chi connectivity index (χ3v) is 7.72. The molecule has 4 heteroatoms. The summed E-state index contributed by atoms with van der Waals surface area (Å²) in [6.07, 6.45) is 3.44. The van der Waals surface area contributed by atoms with Crippen LogP contribution in [0.15, 0.2) is 24.3 Å². The predicted molar refractivity (Wildman–Crippen MR) is 97.3 cm³/mol. The van der Waals surface area contributed by atoms with Crippen LogP contribution in [0, 0.1) is 22.7 Å². The molecule has 0 radical (unpaired) electrons. The fourth-order valence-electron chi connectivity index (χ4n) is 5.36. The molecular weight excluding hydrogens is 314 g/mol. The van der Waals surface area contributed by atoms with Gasteiger partial charge in [0.15, 0.2) is 0 Å². The Hall–Kier alpha value is -1.39. The van der Waals surface area contributed by atoms with Crippen molar-refractivity contribution in [3.05, 3.63) is 29.8 Å². The fraction of sp³-hybridized carbons (Fsp3) is 0.667. The van der Waals surface area contributed by atoms with Crippen molar-refractivity contribution in [3.63, 3.8) is 0 Å². The van der Waals surface area contributed by atoms with Gasteiger partial charge in [-0.3, -0.25) is 4.79 Å². The van der Waals surface area contributed by atoms with Crippen LogP contribution in [0.5, 0.6) is 0 Å². The Bertz CT molecular complexity index is 669. The van der Waals surface area contributed by atoms with Gasteiger partial charge in [-0.1, -0.05) is 32.9 Å². The molecule has 136 valence electrons. The van der Waals surface area contributed by atoms with E-state index in [2.05, 4.69) is 26.1 Å². The van der Waals surface area contributed by atoms with E-state index >= 15 is 0 Å². The van der Waals surface area contributed by atoms with Crippen LogP contribution in [0.1, 0.15) is 45.6 Å². The van der Waals surface area contributed by atoms with Gasteiger partial charge < -0.3 is 14.8 Å². The van der Waals surface area contributed by atoms with Crippen molar-refractivity contribution >= 4 is 11.6 Å². The zero-order valence-electron chi connectivity index (χ0n) is 15.7. The van der Waals surface area contributed by atoms with Gasteiger partial charge in [0.1, 0.15) is 5.60 Å². The third-order valence-electron chi connectivity index (χ3n) is 7.72. The number of fused-ring (bicyclic) bond motifs is 2. The van der Waals surface area contributed by atoms with E-state index in [4.69, 9.17) is 9.47 Å². The Morgan fingerprint density at radius 3 is 2.32 bits per heavy atom. The topological polar surface area (TPSA) is 47.6 Å². The van der Waals surface area contributed by atoms with Gasteiger partial charge in [-0.25, -0.2) is 0 Å². The molecule has 25 heavy (non-hydrogen) atoms. The zero-order valence-corrected chi connectivity index (χ0v) is 15.7. The molecule has 2 saturated carbocycles. The Balaban J connectivity index is 1.46. The number of benzene rings is 1. The summed E-state index contributed by atoms with van der Waals surface area (Å²) in [6.45, 7) is 8.23. The standard InChI is InChI=1S/C21H29NO3/c1-19(2)17-9-10-20(19,3)11-16(17)18(23)22-15-7-5-14(6-8-15)21(24-4)12-25-13-21/h5-8,16-17H,9-13H2,1-4H3,(H,22,23)/t16-,17-,20+/m1/s1. The first-order valence-electron chi connectivity index (χ1n) is 9.36. The van der Waals surface area contributed by atoms with Crippen LogP contribution in [0.25, 0.3) is 0 Å². The lowest BCUT2D eigenvalue weighted by molar-refractivity contribution is -0.202. The van der Waals surface area contributed by atoms with Gasteiger partial charge in [-0.2, -0.15) is 0 Å². The monoisotopic (exact) mass is 343 g/mol. The highest BCUT2D eigenvalue weighted by Crippen LogP contribution is 2.67. The number of anilines is 1. The summed E-state index contributed by atoms with van der Waals surface area (Å²) < 4.78 is 10.9. The second-order valence-corrected chi connectivity index (χ2v) is 9.00. The molecule has 3 aliphatic rings. The molecule has 0 aromatic heterocycles. The third kappa shape index (κ3) is 2.37. The first-order valence-corrected chi connectivity index (χ1v) is 9.36. The van der Waals surface area contributed by atoms with Crippen molar-refractivity contribution in [1.29, 1.82) is 0 Å². The number of hydrogen-bond donors (Lipinski definition) is 1. The fourth-order valence-corrected chi connectivity index (χ4v) is 5.36. The average Bonchev–Trinajstić information content (AvgIpc) is 2.89. The number of nitrogens with one attached hydrogen (secondary N) is 1. The van der Waals surface area contributed by atoms with Crippen molar-refractivity contribution in [3.8, 4) is 0 Å². The molecule has 3 atom stereocenters. The van der Waals surface area contributed by atoms with Crippen molar-refractivity contribution in [1.82, 2.24) is 0 Å². The Morgan fingerprint density at radius 2 is 1.88 bits per heavy atom. The number of hydrogen-bond acceptors (Lipinski definition) is 3. The number of amides is 1. The zero-order chi connectivity index (χ0) is 17.9. The van der Waals surface area contributed by atoms with Crippen LogP contribution < -0.4 is 5.32 Å². The van der Waals surface area contributed by atoms with E-state index in [0.717, 1.165) is 17.7 Å². The molecule has 1 amide bonds. The summed E-state index contributed by atoms with van der Waals surface area (Å²) in [5.41, 5.74) is 2.22. The summed E-state index contributed by atoms with van der Waals surface area (Å²) in [5, 5.41) is 3.15. The molecule has 1 heterocycles. The largest absolute Gasteiger partial charge is 0.375 e. The van der Waals surface area contributed by atoms with Crippen molar-refractivity contribution < 1.29 is 14.3 Å². The van der Waals surface area contributed by atoms with Crippen molar-refractivity contribution in [2.75, 3.05) is 25.6 Å². The van der Waals surface area contributed by atoms with E-state index in [9.17, 15) is 4.79 Å². The van der Waals surface area contributed by atoms with Gasteiger partial charge in [-0.15, -0.1) is 0 Å². The lowest BCUT2D eigenvalue weighted by atomic mass is 9.71. The summed E-state index contributed by atoms with van der Waals surface area (Å²) in [7, 11) is 1.72. The molecule has 1 aromatic carbocycles. The van der Waals surface area contributed by atoms with E-state index in [0.29, 0.717) is 24.5 Å². The van der Waals surface area contributed by atoms with E-state index in [-0.39, 0.29) is 22.8 Å². The summed E-state index contributed by atoms with van der Waals surface area (Å²) >= 11 is 0. The number of rotatable bonds is 4. The van der Waals surface area contributed by atoms with Gasteiger partial charge in [0, 0.05) is 18.7 Å². The van der Waals surface area contributed by atoms with Crippen molar-refractivity contribution in [2.45, 2.75) is 45.6 Å². The van der Waals surface area contributed by atoms with Gasteiger partial charge in [0.25, 0.3) is 0 Å². The van der Waals surface area contributed by atoms with Crippen LogP contribution in [0.3, 0.4) is 0 Å². The highest BCUT2D eigenvalue weighted by atomic mass is 16.6. The van der Waals surface area contributed by atoms with Crippen LogP contribution in [-0.4, -0.2) is 26.2 Å². The maximum absolute atomic E-state index is 12.9. The number of methoxy groups -OCH3 is 1. The quantitative estimate of drug-likeness (QED) is 0.900. The predicted octanol–water partition coefficient (Wildman–Crippen LogP) is 3.96. The van der Waals surface area contributed by atoms with Gasteiger partial charge >= 0.3 is 0 Å². The van der Waals surface area contributed by atoms with Crippen LogP contribution in [-0.2, 0) is 19.9 Å². The Morgan fingerprint density at radius 1 is 1.20 bits per heavy atom. The number of carbonyl (C=O) groups is 1. The minimum absolute atomic E-state index is 0.138. The van der Waals surface area contributed by atoms with Crippen molar-refractivity contribution in [2.24, 2.45) is 22.7 Å². The summed E-state index contributed by atoms with van der Waals surface area (Å²) in [4.78, 5) is 12.9. The first-order chi connectivity index (χ1) is 11.8. The van der Waals surface area contributed by atoms with Gasteiger partial charge in [0.05, 0.1) is 13.2 Å². The van der Waals surface area contributed by atoms with E-state index in [1.54, 1.807) is 7.11 Å². The van der Waals surface area contributed by atoms with Crippen LogP contribution >= 0.6 is 0 Å². The summed E-state index contributed by atoms with van der Waals surface area (Å²) in [6, 6.07) is 8.03. The maximum atomic E-state index is 12.9. The van der Waals surface area contributed by atoms with E-state index in [1.807, 2.05) is 24.3 Å². The lowest BCUT2D eigenvalue weighted by Gasteiger charge is -2.40. The van der Waals surface area contributed by atoms with E-state index < -0.39 is 0 Å². The molecule has 0 spiro atoms. The second kappa shape index (κ2) is 5.55. The Labute approximate surface area is 150 Å². The van der Waals surface area contributed by atoms with Crippen LogP contribution in [0.2, 0.25) is 0 Å². The van der Waals surface area contributed by atoms with E-state index in [1.165, 1.54) is 12.8 Å². The first kappa shape index (κ1) is 17.0. The SMILES string of the molecule is COC1(c2ccc(NC(=O)[C@@H]3C[C@]4(C)CC[C@H]3C4(C)C)cc2)COC1. The summed E-state index contributed by atoms with van der Waals surface area (Å²) in [5.74, 6) is 0.821. The minimum Gasteiger partial charge on any atom is -0.375 e. The highest BCUT2D eigenvalue weighted by molar-refractivity contribution is 5.93. The molecule has 3 fully saturated rings. The molecular formula is C21H29NO3. The average molecular weight is 343 g/mol. The highest BCUT2D eigenvalue weighted by Gasteiger charge is 2.62. The molecule has 2 aliphatic carbocycles. The normalized spacial score (nSPS) is 34.6. The maximum Gasteiger partial charge on any atom is 0.227 e. The van der Waals surface area contributed by atoms with Gasteiger partial charge in [0.2, 0.25) is 5.91 Å². The lowest BCUT2D eigenvalue weighted by Crippen LogP contribution is -2.48. The molecule has 4 nitrogen and oxygen atoms in total. The minimum atomic E-state index is -0.314. The van der Waals surface area contributed by atoms with Crippen LogP contribution in [0.4, 0.5) is 5.69 Å². The molecule has 1 saturated heterocycles. The molecule has 4 rings (SSSR count).